The molecule has 1 aliphatic rings. The number of aromatic nitrogens is 2. The molecule has 1 aromatic carbocycles. The maximum atomic E-state index is 14.4. The van der Waals surface area contributed by atoms with Gasteiger partial charge in [-0.2, -0.15) is 4.98 Å². The molecule has 28 heavy (non-hydrogen) atoms. The normalized spacial score (nSPS) is 19.2. The van der Waals surface area contributed by atoms with Gasteiger partial charge in [-0.25, -0.2) is 22.9 Å². The van der Waals surface area contributed by atoms with Gasteiger partial charge in [0.05, 0.1) is 16.6 Å². The maximum Gasteiger partial charge on any atom is 0.242 e. The van der Waals surface area contributed by atoms with Gasteiger partial charge >= 0.3 is 0 Å². The third kappa shape index (κ3) is 4.20. The Kier molecular flexibility index (Phi) is 4.98. The van der Waals surface area contributed by atoms with E-state index < -0.39 is 27.4 Å². The van der Waals surface area contributed by atoms with Crippen molar-refractivity contribution in [2.45, 2.75) is 37.2 Å². The molecule has 1 aromatic heterocycles. The van der Waals surface area contributed by atoms with E-state index in [0.717, 1.165) is 6.20 Å². The van der Waals surface area contributed by atoms with Crippen LogP contribution >= 0.6 is 0 Å². The molecule has 1 aliphatic heterocycles. The van der Waals surface area contributed by atoms with Crippen molar-refractivity contribution in [1.29, 1.82) is 0 Å². The highest BCUT2D eigenvalue weighted by atomic mass is 32.2. The van der Waals surface area contributed by atoms with Gasteiger partial charge in [-0.3, -0.25) is 4.79 Å². The summed E-state index contributed by atoms with van der Waals surface area (Å²) in [5.41, 5.74) is -0.0484. The second-order valence-corrected chi connectivity index (χ2v) is 8.80. The monoisotopic (exact) mass is 408 g/mol. The van der Waals surface area contributed by atoms with E-state index in [9.17, 15) is 17.6 Å². The number of benzene rings is 1. The molecule has 0 bridgehead atoms. The van der Waals surface area contributed by atoms with Gasteiger partial charge in [0.1, 0.15) is 6.04 Å². The first-order valence-electron chi connectivity index (χ1n) is 8.47. The number of carbonyl (C=O) groups excluding carboxylic acids is 1. The minimum Gasteiger partial charge on any atom is -0.348 e. The average Bonchev–Trinajstić information content (AvgIpc) is 2.59. The first-order valence-corrected chi connectivity index (χ1v) is 10.0. The van der Waals surface area contributed by atoms with Crippen LogP contribution in [-0.2, 0) is 14.8 Å². The zero-order chi connectivity index (χ0) is 20.7. The van der Waals surface area contributed by atoms with Crippen molar-refractivity contribution in [2.24, 2.45) is 5.14 Å². The van der Waals surface area contributed by atoms with Crippen molar-refractivity contribution >= 4 is 33.4 Å². The Labute approximate surface area is 162 Å². The molecule has 0 radical (unpaired) electrons. The largest absolute Gasteiger partial charge is 0.348 e. The van der Waals surface area contributed by atoms with Crippen LogP contribution in [-0.4, -0.2) is 42.4 Å². The number of amides is 1. The minimum atomic E-state index is -3.79. The van der Waals surface area contributed by atoms with Gasteiger partial charge in [0.2, 0.25) is 21.9 Å². The minimum absolute atomic E-state index is 0.00841. The highest BCUT2D eigenvalue weighted by molar-refractivity contribution is 7.89. The van der Waals surface area contributed by atoms with Gasteiger partial charge in [-0.15, -0.1) is 0 Å². The Hall–Kier alpha value is -2.79. The topological polar surface area (TPSA) is 130 Å². The van der Waals surface area contributed by atoms with Gasteiger partial charge in [0.25, 0.3) is 0 Å². The third-order valence-corrected chi connectivity index (χ3v) is 5.24. The highest BCUT2D eigenvalue weighted by Gasteiger charge is 2.37. The van der Waals surface area contributed by atoms with Crippen LogP contribution in [0.5, 0.6) is 0 Å². The molecule has 2 heterocycles. The predicted molar refractivity (Wildman–Crippen MR) is 102 cm³/mol. The molecule has 4 N–H and O–H groups in total. The standard InChI is InChI=1S/C17H21FN6O3S/c1-10-15(25)23-17(2,3)9-24(10)14-13(18)8-20-16(22-14)21-11-4-6-12(7-5-11)28(19,26)27/h4-8,10H,9H2,1-3H3,(H,23,25)(H2,19,26,27)(H,20,21,22)/t10-/m0/s1. The lowest BCUT2D eigenvalue weighted by atomic mass is 9.99. The zero-order valence-electron chi connectivity index (χ0n) is 15.6. The van der Waals surface area contributed by atoms with Crippen molar-refractivity contribution in [3.63, 3.8) is 0 Å². The van der Waals surface area contributed by atoms with Crippen LogP contribution in [0.1, 0.15) is 20.8 Å². The Bertz CT molecular complexity index is 1010. The van der Waals surface area contributed by atoms with Crippen LogP contribution in [0.3, 0.4) is 0 Å². The molecular weight excluding hydrogens is 387 g/mol. The number of rotatable bonds is 4. The Morgan fingerprint density at radius 2 is 1.96 bits per heavy atom. The van der Waals surface area contributed by atoms with Crippen LogP contribution in [0, 0.1) is 5.82 Å². The number of nitrogens with two attached hydrogens (primary N) is 1. The van der Waals surface area contributed by atoms with E-state index in [0.29, 0.717) is 12.2 Å². The fraction of sp³-hybridized carbons (Fsp3) is 0.353. The molecule has 1 saturated heterocycles. The summed E-state index contributed by atoms with van der Waals surface area (Å²) in [6, 6.07) is 5.06. The lowest BCUT2D eigenvalue weighted by molar-refractivity contribution is -0.125. The van der Waals surface area contributed by atoms with E-state index in [4.69, 9.17) is 5.14 Å². The number of hydrogen-bond acceptors (Lipinski definition) is 7. The molecule has 3 rings (SSSR count). The number of primary sulfonamides is 1. The summed E-state index contributed by atoms with van der Waals surface area (Å²) in [5, 5.41) is 10.8. The number of hydrogen-bond donors (Lipinski definition) is 3. The second kappa shape index (κ2) is 6.99. The van der Waals surface area contributed by atoms with E-state index in [2.05, 4.69) is 20.6 Å². The summed E-state index contributed by atoms with van der Waals surface area (Å²) in [6.45, 7) is 5.73. The van der Waals surface area contributed by atoms with Gasteiger partial charge in [0, 0.05) is 12.2 Å². The molecule has 1 fully saturated rings. The molecule has 2 aromatic rings. The molecule has 0 saturated carbocycles. The Balaban J connectivity index is 1.88. The summed E-state index contributed by atoms with van der Waals surface area (Å²) in [4.78, 5) is 21.9. The molecule has 150 valence electrons. The number of halogens is 1. The van der Waals surface area contributed by atoms with Crippen LogP contribution in [0.15, 0.2) is 35.4 Å². The molecule has 9 nitrogen and oxygen atoms in total. The van der Waals surface area contributed by atoms with Crippen molar-refractivity contribution in [1.82, 2.24) is 15.3 Å². The molecule has 0 unspecified atom stereocenters. The van der Waals surface area contributed by atoms with Crippen molar-refractivity contribution < 1.29 is 17.6 Å². The maximum absolute atomic E-state index is 14.4. The summed E-state index contributed by atoms with van der Waals surface area (Å²) in [6.07, 6.45) is 1.02. The SMILES string of the molecule is C[C@H]1C(=O)NC(C)(C)CN1c1nc(Nc2ccc(S(N)(=O)=O)cc2)ncc1F. The predicted octanol–water partition coefficient (Wildman–Crippen LogP) is 1.11. The lowest BCUT2D eigenvalue weighted by Gasteiger charge is -2.43. The van der Waals surface area contributed by atoms with Gasteiger partial charge < -0.3 is 15.5 Å². The molecular formula is C17H21FN6O3S. The van der Waals surface area contributed by atoms with E-state index in [1.807, 2.05) is 13.8 Å². The molecule has 1 atom stereocenters. The number of sulfonamides is 1. The molecule has 1 amide bonds. The summed E-state index contributed by atoms with van der Waals surface area (Å²) < 4.78 is 37.1. The average molecular weight is 408 g/mol. The summed E-state index contributed by atoms with van der Waals surface area (Å²) in [5.74, 6) is -0.750. The fourth-order valence-corrected chi connectivity index (χ4v) is 3.43. The second-order valence-electron chi connectivity index (χ2n) is 7.24. The van der Waals surface area contributed by atoms with E-state index in [1.54, 1.807) is 11.8 Å². The van der Waals surface area contributed by atoms with Crippen molar-refractivity contribution in [3.05, 3.63) is 36.3 Å². The molecule has 0 spiro atoms. The van der Waals surface area contributed by atoms with Gasteiger partial charge in [-0.1, -0.05) is 0 Å². The van der Waals surface area contributed by atoms with Crippen molar-refractivity contribution in [3.8, 4) is 0 Å². The fourth-order valence-electron chi connectivity index (χ4n) is 2.92. The molecule has 0 aliphatic carbocycles. The number of piperazine rings is 1. The first kappa shape index (κ1) is 20.0. The Morgan fingerprint density at radius 1 is 1.32 bits per heavy atom. The van der Waals surface area contributed by atoms with Crippen LogP contribution in [0.25, 0.3) is 0 Å². The lowest BCUT2D eigenvalue weighted by Crippen LogP contribution is -2.64. The molecule has 11 heteroatoms. The van der Waals surface area contributed by atoms with Gasteiger partial charge in [-0.05, 0) is 45.0 Å². The van der Waals surface area contributed by atoms with E-state index in [1.165, 1.54) is 24.3 Å². The number of nitrogens with one attached hydrogen (secondary N) is 2. The number of nitrogens with zero attached hydrogens (tertiary/aromatic N) is 3. The third-order valence-electron chi connectivity index (χ3n) is 4.31. The highest BCUT2D eigenvalue weighted by Crippen LogP contribution is 2.26. The van der Waals surface area contributed by atoms with E-state index >= 15 is 0 Å². The van der Waals surface area contributed by atoms with E-state index in [-0.39, 0.29) is 22.6 Å². The van der Waals surface area contributed by atoms with Crippen LogP contribution in [0.4, 0.5) is 21.8 Å². The van der Waals surface area contributed by atoms with Crippen LogP contribution in [0.2, 0.25) is 0 Å². The zero-order valence-corrected chi connectivity index (χ0v) is 16.4. The summed E-state index contributed by atoms with van der Waals surface area (Å²) in [7, 11) is -3.79. The number of carbonyl (C=O) groups is 1. The number of anilines is 3. The smallest absolute Gasteiger partial charge is 0.242 e. The Morgan fingerprint density at radius 3 is 2.57 bits per heavy atom. The quantitative estimate of drug-likeness (QED) is 0.691. The first-order chi connectivity index (χ1) is 13.0. The van der Waals surface area contributed by atoms with Gasteiger partial charge in [0.15, 0.2) is 11.6 Å². The van der Waals surface area contributed by atoms with Crippen LogP contribution < -0.4 is 20.7 Å². The summed E-state index contributed by atoms with van der Waals surface area (Å²) >= 11 is 0. The van der Waals surface area contributed by atoms with Crippen molar-refractivity contribution in [2.75, 3.05) is 16.8 Å².